The van der Waals surface area contributed by atoms with Gasteiger partial charge in [-0.25, -0.2) is 13.4 Å². The fourth-order valence-corrected chi connectivity index (χ4v) is 2.95. The van der Waals surface area contributed by atoms with Crippen molar-refractivity contribution in [3.63, 3.8) is 0 Å². The Morgan fingerprint density at radius 3 is 2.46 bits per heavy atom. The highest BCUT2D eigenvalue weighted by Crippen LogP contribution is 2.33. The monoisotopic (exact) mass is 339 g/mol. The Bertz CT molecular complexity index is 1030. The maximum absolute atomic E-state index is 11.6. The number of sulfone groups is 1. The largest absolute Gasteiger partial charge is 0.463 e. The third kappa shape index (κ3) is 2.87. The van der Waals surface area contributed by atoms with Crippen LogP contribution in [-0.2, 0) is 9.84 Å². The van der Waals surface area contributed by atoms with Crippen LogP contribution in [0.25, 0.3) is 22.6 Å². The van der Waals surface area contributed by atoms with Crippen LogP contribution in [0.4, 0.5) is 5.82 Å². The maximum Gasteiger partial charge on any atom is 0.175 e. The summed E-state index contributed by atoms with van der Waals surface area (Å²) in [7, 11) is -3.28. The molecule has 3 rings (SSSR count). The molecule has 24 heavy (non-hydrogen) atoms. The minimum atomic E-state index is -3.28. The quantitative estimate of drug-likeness (QED) is 0.785. The van der Waals surface area contributed by atoms with E-state index in [4.69, 9.17) is 10.2 Å². The van der Waals surface area contributed by atoms with Gasteiger partial charge in [0.1, 0.15) is 17.6 Å². The van der Waals surface area contributed by atoms with Crippen LogP contribution in [0.1, 0.15) is 5.56 Å². The second-order valence-electron chi connectivity index (χ2n) is 5.20. The van der Waals surface area contributed by atoms with E-state index in [9.17, 15) is 13.7 Å². The molecule has 0 saturated heterocycles. The van der Waals surface area contributed by atoms with Crippen molar-refractivity contribution in [2.24, 2.45) is 0 Å². The van der Waals surface area contributed by atoms with Gasteiger partial charge in [-0.1, -0.05) is 12.1 Å². The molecule has 0 radical (unpaired) electrons. The van der Waals surface area contributed by atoms with E-state index in [0.29, 0.717) is 22.6 Å². The number of hydrogen-bond donors (Lipinski definition) is 1. The van der Waals surface area contributed by atoms with Gasteiger partial charge < -0.3 is 10.2 Å². The van der Waals surface area contributed by atoms with Gasteiger partial charge in [-0.05, 0) is 35.9 Å². The van der Waals surface area contributed by atoms with E-state index in [1.165, 1.54) is 18.4 Å². The lowest BCUT2D eigenvalue weighted by Crippen LogP contribution is -2.00. The SMILES string of the molecule is CS(=O)(=O)c1ccc(-c2cc(C#N)c(N)nc2-c2ccco2)cc1. The number of nitrogens with two attached hydrogens (primary N) is 1. The molecule has 2 N–H and O–H groups in total. The van der Waals surface area contributed by atoms with Crippen molar-refractivity contribution in [1.29, 1.82) is 5.26 Å². The van der Waals surface area contributed by atoms with Crippen LogP contribution in [0.5, 0.6) is 0 Å². The van der Waals surface area contributed by atoms with Crippen molar-refractivity contribution < 1.29 is 12.8 Å². The number of nitrogens with zero attached hydrogens (tertiary/aromatic N) is 2. The lowest BCUT2D eigenvalue weighted by molar-refractivity contribution is 0.580. The average Bonchev–Trinajstić information content (AvgIpc) is 3.08. The summed E-state index contributed by atoms with van der Waals surface area (Å²) < 4.78 is 28.6. The Labute approximate surface area is 139 Å². The van der Waals surface area contributed by atoms with Crippen LogP contribution < -0.4 is 5.73 Å². The van der Waals surface area contributed by atoms with Gasteiger partial charge in [0.15, 0.2) is 15.6 Å². The molecule has 0 atom stereocenters. The summed E-state index contributed by atoms with van der Waals surface area (Å²) in [5, 5.41) is 9.19. The fraction of sp³-hybridized carbons (Fsp3) is 0.0588. The molecule has 0 unspecified atom stereocenters. The van der Waals surface area contributed by atoms with Gasteiger partial charge in [0, 0.05) is 11.8 Å². The Kier molecular flexibility index (Phi) is 3.83. The Morgan fingerprint density at radius 2 is 1.92 bits per heavy atom. The van der Waals surface area contributed by atoms with Gasteiger partial charge in [0.25, 0.3) is 0 Å². The molecule has 0 bridgehead atoms. The lowest BCUT2D eigenvalue weighted by Gasteiger charge is -2.10. The van der Waals surface area contributed by atoms with Crippen molar-refractivity contribution in [3.05, 3.63) is 54.3 Å². The maximum atomic E-state index is 11.6. The smallest absolute Gasteiger partial charge is 0.175 e. The minimum absolute atomic E-state index is 0.111. The highest BCUT2D eigenvalue weighted by atomic mass is 32.2. The molecule has 0 spiro atoms. The number of nitriles is 1. The summed E-state index contributed by atoms with van der Waals surface area (Å²) >= 11 is 0. The molecule has 0 aliphatic heterocycles. The molecular formula is C17H13N3O3S. The van der Waals surface area contributed by atoms with Crippen molar-refractivity contribution in [2.45, 2.75) is 4.90 Å². The summed E-state index contributed by atoms with van der Waals surface area (Å²) in [5.41, 5.74) is 7.89. The van der Waals surface area contributed by atoms with Gasteiger partial charge >= 0.3 is 0 Å². The zero-order valence-corrected chi connectivity index (χ0v) is 13.5. The number of furan rings is 1. The normalized spacial score (nSPS) is 11.2. The second kappa shape index (κ2) is 5.83. The predicted octanol–water partition coefficient (Wildman–Crippen LogP) is 2.87. The summed E-state index contributed by atoms with van der Waals surface area (Å²) in [4.78, 5) is 4.49. The first-order valence-electron chi connectivity index (χ1n) is 6.95. The van der Waals surface area contributed by atoms with Crippen molar-refractivity contribution in [3.8, 4) is 28.7 Å². The van der Waals surface area contributed by atoms with Crippen LogP contribution in [0.3, 0.4) is 0 Å². The molecule has 120 valence electrons. The molecular weight excluding hydrogens is 326 g/mol. The second-order valence-corrected chi connectivity index (χ2v) is 7.22. The third-order valence-corrected chi connectivity index (χ3v) is 4.65. The number of rotatable bonds is 3. The molecule has 0 fully saturated rings. The summed E-state index contributed by atoms with van der Waals surface area (Å²) in [6.07, 6.45) is 2.66. The lowest BCUT2D eigenvalue weighted by atomic mass is 10.0. The minimum Gasteiger partial charge on any atom is -0.463 e. The fourth-order valence-electron chi connectivity index (χ4n) is 2.32. The number of pyridine rings is 1. The van der Waals surface area contributed by atoms with E-state index in [0.717, 1.165) is 6.26 Å². The summed E-state index contributed by atoms with van der Waals surface area (Å²) in [6, 6.07) is 13.4. The molecule has 1 aromatic carbocycles. The van der Waals surface area contributed by atoms with Crippen molar-refractivity contribution >= 4 is 15.7 Å². The summed E-state index contributed by atoms with van der Waals surface area (Å²) in [5.74, 6) is 0.619. The first-order valence-corrected chi connectivity index (χ1v) is 8.84. The highest BCUT2D eigenvalue weighted by molar-refractivity contribution is 7.90. The zero-order chi connectivity index (χ0) is 17.3. The molecule has 0 aliphatic carbocycles. The summed E-state index contributed by atoms with van der Waals surface area (Å²) in [6.45, 7) is 0. The number of hydrogen-bond acceptors (Lipinski definition) is 6. The van der Waals surface area contributed by atoms with Gasteiger partial charge in [0.05, 0.1) is 16.7 Å². The van der Waals surface area contributed by atoms with Crippen LogP contribution in [0, 0.1) is 11.3 Å². The number of anilines is 1. The third-order valence-electron chi connectivity index (χ3n) is 3.52. The van der Waals surface area contributed by atoms with E-state index >= 15 is 0 Å². The standard InChI is InChI=1S/C17H13N3O3S/c1-24(21,22)13-6-4-11(5-7-13)14-9-12(10-18)17(19)20-16(14)15-3-2-8-23-15/h2-9H,1H3,(H2,19,20). The molecule has 0 amide bonds. The molecule has 0 aliphatic rings. The molecule has 7 heteroatoms. The van der Waals surface area contributed by atoms with E-state index in [1.54, 1.807) is 30.3 Å². The zero-order valence-electron chi connectivity index (χ0n) is 12.7. The van der Waals surface area contributed by atoms with Gasteiger partial charge in [0.2, 0.25) is 0 Å². The first kappa shape index (κ1) is 15.8. The van der Waals surface area contributed by atoms with Gasteiger partial charge in [-0.2, -0.15) is 5.26 Å². The molecule has 2 aromatic heterocycles. The van der Waals surface area contributed by atoms with E-state index in [2.05, 4.69) is 4.98 Å². The molecule has 6 nitrogen and oxygen atoms in total. The molecule has 3 aromatic rings. The molecule has 2 heterocycles. The van der Waals surface area contributed by atoms with Crippen LogP contribution in [0.2, 0.25) is 0 Å². The van der Waals surface area contributed by atoms with Crippen molar-refractivity contribution in [1.82, 2.24) is 4.98 Å². The number of benzene rings is 1. The van der Waals surface area contributed by atoms with Crippen LogP contribution >= 0.6 is 0 Å². The molecule has 0 saturated carbocycles. The van der Waals surface area contributed by atoms with Crippen molar-refractivity contribution in [2.75, 3.05) is 12.0 Å². The number of aromatic nitrogens is 1. The average molecular weight is 339 g/mol. The van der Waals surface area contributed by atoms with Gasteiger partial charge in [-0.3, -0.25) is 0 Å². The number of nitrogen functional groups attached to an aromatic ring is 1. The predicted molar refractivity (Wildman–Crippen MR) is 89.6 cm³/mol. The van der Waals surface area contributed by atoms with Crippen LogP contribution in [0.15, 0.2) is 58.0 Å². The van der Waals surface area contributed by atoms with E-state index < -0.39 is 9.84 Å². The van der Waals surface area contributed by atoms with E-state index in [1.807, 2.05) is 6.07 Å². The Morgan fingerprint density at radius 1 is 1.21 bits per heavy atom. The Hall–Kier alpha value is -3.11. The van der Waals surface area contributed by atoms with Gasteiger partial charge in [-0.15, -0.1) is 0 Å². The Balaban J connectivity index is 2.21. The highest BCUT2D eigenvalue weighted by Gasteiger charge is 2.16. The topological polar surface area (TPSA) is 110 Å². The van der Waals surface area contributed by atoms with Crippen LogP contribution in [-0.4, -0.2) is 19.7 Å². The van der Waals surface area contributed by atoms with E-state index in [-0.39, 0.29) is 16.3 Å². The first-order chi connectivity index (χ1) is 11.4.